The summed E-state index contributed by atoms with van der Waals surface area (Å²) >= 11 is 0. The molecule has 0 aromatic carbocycles. The lowest BCUT2D eigenvalue weighted by atomic mass is 9.83. The van der Waals surface area contributed by atoms with Gasteiger partial charge in [0.1, 0.15) is 0 Å². The molecule has 1 aliphatic rings. The van der Waals surface area contributed by atoms with Crippen LogP contribution in [0.25, 0.3) is 0 Å². The molecule has 1 unspecified atom stereocenters. The molecule has 0 saturated heterocycles. The standard InChI is InChI=1S/C10H19N/c1-8(2)9-5-6-10(3,4)7-11-9/h7-9H,5-6H2,1-4H3. The van der Waals surface area contributed by atoms with Crippen molar-refractivity contribution in [2.75, 3.05) is 0 Å². The molecule has 1 atom stereocenters. The van der Waals surface area contributed by atoms with Gasteiger partial charge in [0, 0.05) is 6.21 Å². The van der Waals surface area contributed by atoms with E-state index in [9.17, 15) is 0 Å². The number of rotatable bonds is 1. The first-order chi connectivity index (χ1) is 5.01. The SMILES string of the molecule is CC(C)C1CCC(C)(C)C=N1. The summed E-state index contributed by atoms with van der Waals surface area (Å²) in [6.07, 6.45) is 4.70. The van der Waals surface area contributed by atoms with Crippen LogP contribution in [0.15, 0.2) is 4.99 Å². The lowest BCUT2D eigenvalue weighted by Gasteiger charge is -2.29. The first-order valence-corrected chi connectivity index (χ1v) is 4.55. The fraction of sp³-hybridized carbons (Fsp3) is 0.900. The van der Waals surface area contributed by atoms with Crippen LogP contribution in [0.3, 0.4) is 0 Å². The molecule has 1 heteroatoms. The first kappa shape index (κ1) is 8.76. The van der Waals surface area contributed by atoms with Crippen LogP contribution in [-0.2, 0) is 0 Å². The zero-order valence-corrected chi connectivity index (χ0v) is 8.09. The van der Waals surface area contributed by atoms with Crippen LogP contribution in [0.5, 0.6) is 0 Å². The normalized spacial score (nSPS) is 29.4. The van der Waals surface area contributed by atoms with E-state index in [4.69, 9.17) is 0 Å². The van der Waals surface area contributed by atoms with E-state index in [0.717, 1.165) is 0 Å². The van der Waals surface area contributed by atoms with Gasteiger partial charge in [0.05, 0.1) is 6.04 Å². The highest BCUT2D eigenvalue weighted by Gasteiger charge is 2.23. The van der Waals surface area contributed by atoms with Gasteiger partial charge >= 0.3 is 0 Å². The molecule has 1 rings (SSSR count). The molecule has 0 fully saturated rings. The van der Waals surface area contributed by atoms with E-state index < -0.39 is 0 Å². The average molecular weight is 153 g/mol. The zero-order chi connectivity index (χ0) is 8.48. The molecule has 0 aromatic heterocycles. The highest BCUT2D eigenvalue weighted by Crippen LogP contribution is 2.28. The predicted molar refractivity (Wildman–Crippen MR) is 50.1 cm³/mol. The molecular weight excluding hydrogens is 134 g/mol. The Kier molecular flexibility index (Phi) is 2.36. The van der Waals surface area contributed by atoms with Crippen LogP contribution >= 0.6 is 0 Å². The molecule has 0 amide bonds. The summed E-state index contributed by atoms with van der Waals surface area (Å²) < 4.78 is 0. The molecule has 1 aliphatic heterocycles. The van der Waals surface area contributed by atoms with E-state index >= 15 is 0 Å². The summed E-state index contributed by atoms with van der Waals surface area (Å²) in [5.41, 5.74) is 0.353. The van der Waals surface area contributed by atoms with Gasteiger partial charge in [-0.25, -0.2) is 0 Å². The van der Waals surface area contributed by atoms with Gasteiger partial charge < -0.3 is 0 Å². The first-order valence-electron chi connectivity index (χ1n) is 4.55. The number of nitrogens with zero attached hydrogens (tertiary/aromatic N) is 1. The molecule has 0 bridgehead atoms. The molecule has 1 heterocycles. The Morgan fingerprint density at radius 2 is 2.09 bits per heavy atom. The number of aliphatic imine (C=N–C) groups is 1. The maximum atomic E-state index is 4.56. The molecule has 64 valence electrons. The van der Waals surface area contributed by atoms with Gasteiger partial charge in [0.25, 0.3) is 0 Å². The van der Waals surface area contributed by atoms with Crippen molar-refractivity contribution in [2.24, 2.45) is 16.3 Å². The molecule has 0 aromatic rings. The van der Waals surface area contributed by atoms with E-state index in [2.05, 4.69) is 38.9 Å². The van der Waals surface area contributed by atoms with E-state index in [0.29, 0.717) is 17.4 Å². The van der Waals surface area contributed by atoms with Gasteiger partial charge in [-0.2, -0.15) is 0 Å². The molecular formula is C10H19N. The number of hydrogen-bond donors (Lipinski definition) is 0. The monoisotopic (exact) mass is 153 g/mol. The Hall–Kier alpha value is -0.330. The van der Waals surface area contributed by atoms with Crippen molar-refractivity contribution in [3.8, 4) is 0 Å². The maximum Gasteiger partial charge on any atom is 0.0519 e. The van der Waals surface area contributed by atoms with Crippen LogP contribution in [0, 0.1) is 11.3 Å². The van der Waals surface area contributed by atoms with Gasteiger partial charge in [-0.3, -0.25) is 4.99 Å². The van der Waals surface area contributed by atoms with Gasteiger partial charge in [-0.1, -0.05) is 27.7 Å². The largest absolute Gasteiger partial charge is 0.293 e. The molecule has 1 nitrogen and oxygen atoms in total. The smallest absolute Gasteiger partial charge is 0.0519 e. The Bertz CT molecular complexity index is 156. The topological polar surface area (TPSA) is 12.4 Å². The Labute approximate surface area is 69.9 Å². The van der Waals surface area contributed by atoms with Crippen LogP contribution in [-0.4, -0.2) is 12.3 Å². The van der Waals surface area contributed by atoms with Crippen LogP contribution < -0.4 is 0 Å². The lowest BCUT2D eigenvalue weighted by molar-refractivity contribution is 0.359. The lowest BCUT2D eigenvalue weighted by Crippen LogP contribution is -2.26. The summed E-state index contributed by atoms with van der Waals surface area (Å²) in [5.74, 6) is 0.711. The van der Waals surface area contributed by atoms with Crippen molar-refractivity contribution < 1.29 is 0 Å². The molecule has 0 N–H and O–H groups in total. The second kappa shape index (κ2) is 2.96. The Balaban J connectivity index is 2.56. The quantitative estimate of drug-likeness (QED) is 0.549. The third-order valence-electron chi connectivity index (χ3n) is 2.47. The second-order valence-electron chi connectivity index (χ2n) is 4.62. The third kappa shape index (κ3) is 2.32. The molecule has 0 spiro atoms. The summed E-state index contributed by atoms with van der Waals surface area (Å²) in [7, 11) is 0. The van der Waals surface area contributed by atoms with Crippen molar-refractivity contribution in [2.45, 2.75) is 46.6 Å². The second-order valence-corrected chi connectivity index (χ2v) is 4.62. The summed E-state index contributed by atoms with van der Waals surface area (Å²) in [4.78, 5) is 4.56. The van der Waals surface area contributed by atoms with Gasteiger partial charge in [-0.15, -0.1) is 0 Å². The van der Waals surface area contributed by atoms with Crippen LogP contribution in [0.4, 0.5) is 0 Å². The van der Waals surface area contributed by atoms with Crippen molar-refractivity contribution in [1.29, 1.82) is 0 Å². The average Bonchev–Trinajstić information content (AvgIpc) is 1.86. The van der Waals surface area contributed by atoms with E-state index in [1.165, 1.54) is 12.8 Å². The maximum absolute atomic E-state index is 4.56. The summed E-state index contributed by atoms with van der Waals surface area (Å²) in [6, 6.07) is 0.586. The fourth-order valence-electron chi connectivity index (χ4n) is 1.46. The molecule has 0 saturated carbocycles. The minimum Gasteiger partial charge on any atom is -0.293 e. The minimum absolute atomic E-state index is 0.353. The van der Waals surface area contributed by atoms with Crippen molar-refractivity contribution in [3.05, 3.63) is 0 Å². The van der Waals surface area contributed by atoms with E-state index in [-0.39, 0.29) is 0 Å². The van der Waals surface area contributed by atoms with Crippen molar-refractivity contribution in [1.82, 2.24) is 0 Å². The highest BCUT2D eigenvalue weighted by atomic mass is 14.8. The predicted octanol–water partition coefficient (Wildman–Crippen LogP) is 2.90. The summed E-state index contributed by atoms with van der Waals surface area (Å²) in [6.45, 7) is 9.01. The highest BCUT2D eigenvalue weighted by molar-refractivity contribution is 5.65. The Morgan fingerprint density at radius 3 is 2.45 bits per heavy atom. The van der Waals surface area contributed by atoms with Crippen molar-refractivity contribution >= 4 is 6.21 Å². The van der Waals surface area contributed by atoms with E-state index in [1.807, 2.05) is 0 Å². The van der Waals surface area contributed by atoms with Crippen LogP contribution in [0.2, 0.25) is 0 Å². The minimum atomic E-state index is 0.353. The van der Waals surface area contributed by atoms with Gasteiger partial charge in [0.2, 0.25) is 0 Å². The van der Waals surface area contributed by atoms with Gasteiger partial charge in [-0.05, 0) is 24.2 Å². The zero-order valence-electron chi connectivity index (χ0n) is 8.09. The molecule has 11 heavy (non-hydrogen) atoms. The Morgan fingerprint density at radius 1 is 1.45 bits per heavy atom. The van der Waals surface area contributed by atoms with Crippen molar-refractivity contribution in [3.63, 3.8) is 0 Å². The molecule has 0 aliphatic carbocycles. The number of hydrogen-bond acceptors (Lipinski definition) is 1. The molecule has 0 radical (unpaired) electrons. The fourth-order valence-corrected chi connectivity index (χ4v) is 1.46. The summed E-state index contributed by atoms with van der Waals surface area (Å²) in [5, 5.41) is 0. The van der Waals surface area contributed by atoms with Gasteiger partial charge in [0.15, 0.2) is 0 Å². The van der Waals surface area contributed by atoms with E-state index in [1.54, 1.807) is 0 Å². The third-order valence-corrected chi connectivity index (χ3v) is 2.47. The van der Waals surface area contributed by atoms with Crippen LogP contribution in [0.1, 0.15) is 40.5 Å².